The number of carbonyl (C=O) groups excluding carboxylic acids is 2. The van der Waals surface area contributed by atoms with Crippen LogP contribution in [0.15, 0.2) is 59.3 Å². The number of benzene rings is 2. The molecule has 0 unspecified atom stereocenters. The zero-order chi connectivity index (χ0) is 17.8. The predicted molar refractivity (Wildman–Crippen MR) is 94.8 cm³/mol. The topological polar surface area (TPSA) is 84.2 Å². The van der Waals surface area contributed by atoms with Crippen molar-refractivity contribution in [2.24, 2.45) is 0 Å². The highest BCUT2D eigenvalue weighted by Gasteiger charge is 2.18. The third-order valence-corrected chi connectivity index (χ3v) is 3.65. The zero-order valence-corrected chi connectivity index (χ0v) is 13.9. The molecule has 1 aromatic heterocycles. The third-order valence-electron chi connectivity index (χ3n) is 3.65. The Morgan fingerprint density at radius 2 is 1.76 bits per heavy atom. The van der Waals surface area contributed by atoms with Crippen LogP contribution in [0.2, 0.25) is 0 Å². The maximum absolute atomic E-state index is 12.6. The smallest absolute Gasteiger partial charge is 0.293 e. The molecule has 2 N–H and O–H groups in total. The maximum atomic E-state index is 12.6. The summed E-state index contributed by atoms with van der Waals surface area (Å²) >= 11 is 0. The van der Waals surface area contributed by atoms with Crippen molar-refractivity contribution >= 4 is 23.2 Å². The Hall–Kier alpha value is -3.41. The number of aromatic nitrogens is 1. The third kappa shape index (κ3) is 3.74. The summed E-state index contributed by atoms with van der Waals surface area (Å²) in [5.41, 5.74) is 2.97. The lowest BCUT2D eigenvalue weighted by Gasteiger charge is -2.11. The van der Waals surface area contributed by atoms with Gasteiger partial charge in [-0.05, 0) is 43.7 Å². The van der Waals surface area contributed by atoms with Crippen LogP contribution in [0.4, 0.5) is 11.4 Å². The van der Waals surface area contributed by atoms with Gasteiger partial charge in [-0.3, -0.25) is 9.59 Å². The van der Waals surface area contributed by atoms with E-state index < -0.39 is 5.91 Å². The van der Waals surface area contributed by atoms with Gasteiger partial charge in [0, 0.05) is 5.69 Å². The molecule has 2 amide bonds. The van der Waals surface area contributed by atoms with E-state index >= 15 is 0 Å². The van der Waals surface area contributed by atoms with Crippen LogP contribution in [-0.4, -0.2) is 16.8 Å². The highest BCUT2D eigenvalue weighted by atomic mass is 16.3. The van der Waals surface area contributed by atoms with Gasteiger partial charge in [-0.2, -0.15) is 0 Å². The summed E-state index contributed by atoms with van der Waals surface area (Å²) in [5, 5.41) is 5.53. The molecule has 0 spiro atoms. The first-order valence-electron chi connectivity index (χ1n) is 7.73. The number of nitrogens with one attached hydrogen (secondary N) is 2. The summed E-state index contributed by atoms with van der Waals surface area (Å²) in [6.45, 7) is 3.62. The van der Waals surface area contributed by atoms with Gasteiger partial charge in [-0.25, -0.2) is 4.98 Å². The fraction of sp³-hybridized carbons (Fsp3) is 0.105. The van der Waals surface area contributed by atoms with E-state index in [0.29, 0.717) is 22.6 Å². The summed E-state index contributed by atoms with van der Waals surface area (Å²) < 4.78 is 5.08. The van der Waals surface area contributed by atoms with Crippen LogP contribution >= 0.6 is 0 Å². The second kappa shape index (κ2) is 7.00. The fourth-order valence-electron chi connectivity index (χ4n) is 2.41. The number of para-hydroxylation sites is 1. The SMILES string of the molecule is Cc1cccc(NC(=O)c2ccccc2NC(=O)c2ocnc2C)c1. The molecule has 0 atom stereocenters. The zero-order valence-electron chi connectivity index (χ0n) is 13.9. The quantitative estimate of drug-likeness (QED) is 0.759. The molecule has 0 fully saturated rings. The lowest BCUT2D eigenvalue weighted by molar-refractivity contribution is 0.0996. The first kappa shape index (κ1) is 16.4. The Balaban J connectivity index is 1.82. The van der Waals surface area contributed by atoms with E-state index in [-0.39, 0.29) is 11.7 Å². The van der Waals surface area contributed by atoms with E-state index in [4.69, 9.17) is 4.42 Å². The Labute approximate surface area is 144 Å². The minimum absolute atomic E-state index is 0.119. The van der Waals surface area contributed by atoms with Gasteiger partial charge in [0.05, 0.1) is 16.9 Å². The van der Waals surface area contributed by atoms with E-state index in [1.54, 1.807) is 31.2 Å². The van der Waals surface area contributed by atoms with E-state index in [2.05, 4.69) is 15.6 Å². The highest BCUT2D eigenvalue weighted by Crippen LogP contribution is 2.19. The molecule has 0 saturated heterocycles. The van der Waals surface area contributed by atoms with E-state index in [0.717, 1.165) is 5.56 Å². The lowest BCUT2D eigenvalue weighted by atomic mass is 10.1. The molecule has 0 aliphatic heterocycles. The fourth-order valence-corrected chi connectivity index (χ4v) is 2.41. The highest BCUT2D eigenvalue weighted by molar-refractivity contribution is 6.12. The molecule has 3 rings (SSSR count). The summed E-state index contributed by atoms with van der Waals surface area (Å²) in [6.07, 6.45) is 1.21. The molecule has 3 aromatic rings. The second-order valence-corrected chi connectivity index (χ2v) is 5.59. The summed E-state index contributed by atoms with van der Waals surface area (Å²) in [6, 6.07) is 14.3. The number of oxazole rings is 1. The molecule has 0 radical (unpaired) electrons. The summed E-state index contributed by atoms with van der Waals surface area (Å²) in [4.78, 5) is 28.8. The van der Waals surface area contributed by atoms with E-state index in [1.807, 2.05) is 31.2 Å². The van der Waals surface area contributed by atoms with Crippen molar-refractivity contribution in [3.05, 3.63) is 77.5 Å². The summed E-state index contributed by atoms with van der Waals surface area (Å²) in [5.74, 6) is -0.643. The van der Waals surface area contributed by atoms with Gasteiger partial charge < -0.3 is 15.1 Å². The molecule has 126 valence electrons. The Morgan fingerprint density at radius 1 is 0.960 bits per heavy atom. The molecule has 0 aliphatic carbocycles. The second-order valence-electron chi connectivity index (χ2n) is 5.59. The van der Waals surface area contributed by atoms with Gasteiger partial charge in [-0.15, -0.1) is 0 Å². The minimum Gasteiger partial charge on any atom is -0.438 e. The summed E-state index contributed by atoms with van der Waals surface area (Å²) in [7, 11) is 0. The average Bonchev–Trinajstić information content (AvgIpc) is 3.01. The Bertz CT molecular complexity index is 931. The number of carbonyl (C=O) groups is 2. The molecule has 1 heterocycles. The number of hydrogen-bond acceptors (Lipinski definition) is 4. The molecular formula is C19H17N3O3. The standard InChI is InChI=1S/C19H17N3O3/c1-12-6-5-7-14(10-12)21-18(23)15-8-3-4-9-16(15)22-19(24)17-13(2)20-11-25-17/h3-11H,1-2H3,(H,21,23)(H,22,24). The number of rotatable bonds is 4. The van der Waals surface area contributed by atoms with Gasteiger partial charge in [0.2, 0.25) is 5.76 Å². The van der Waals surface area contributed by atoms with Gasteiger partial charge >= 0.3 is 0 Å². The van der Waals surface area contributed by atoms with Crippen molar-refractivity contribution in [3.8, 4) is 0 Å². The molecule has 0 aliphatic rings. The van der Waals surface area contributed by atoms with Gasteiger partial charge in [0.25, 0.3) is 11.8 Å². The van der Waals surface area contributed by atoms with Crippen molar-refractivity contribution in [1.29, 1.82) is 0 Å². The molecular weight excluding hydrogens is 318 g/mol. The van der Waals surface area contributed by atoms with Crippen molar-refractivity contribution < 1.29 is 14.0 Å². The lowest BCUT2D eigenvalue weighted by Crippen LogP contribution is -2.18. The molecule has 6 nitrogen and oxygen atoms in total. The van der Waals surface area contributed by atoms with E-state index in [9.17, 15) is 9.59 Å². The first-order valence-corrected chi connectivity index (χ1v) is 7.73. The van der Waals surface area contributed by atoms with Crippen LogP contribution < -0.4 is 10.6 Å². The number of amides is 2. The van der Waals surface area contributed by atoms with Crippen LogP contribution in [-0.2, 0) is 0 Å². The molecule has 0 saturated carbocycles. The van der Waals surface area contributed by atoms with Crippen molar-refractivity contribution in [2.45, 2.75) is 13.8 Å². The van der Waals surface area contributed by atoms with Crippen LogP contribution in [0.1, 0.15) is 32.2 Å². The number of hydrogen-bond donors (Lipinski definition) is 2. The van der Waals surface area contributed by atoms with Gasteiger partial charge in [0.1, 0.15) is 0 Å². The Kier molecular flexibility index (Phi) is 4.61. The van der Waals surface area contributed by atoms with Crippen LogP contribution in [0.5, 0.6) is 0 Å². The first-order chi connectivity index (χ1) is 12.0. The number of anilines is 2. The monoisotopic (exact) mass is 335 g/mol. The van der Waals surface area contributed by atoms with Crippen molar-refractivity contribution in [2.75, 3.05) is 10.6 Å². The van der Waals surface area contributed by atoms with Crippen LogP contribution in [0.25, 0.3) is 0 Å². The number of aryl methyl sites for hydroxylation is 2. The Morgan fingerprint density at radius 3 is 2.48 bits per heavy atom. The normalized spacial score (nSPS) is 10.3. The van der Waals surface area contributed by atoms with Gasteiger partial charge in [-0.1, -0.05) is 24.3 Å². The van der Waals surface area contributed by atoms with Crippen LogP contribution in [0, 0.1) is 13.8 Å². The van der Waals surface area contributed by atoms with Crippen molar-refractivity contribution in [3.63, 3.8) is 0 Å². The molecule has 0 bridgehead atoms. The molecule has 25 heavy (non-hydrogen) atoms. The molecule has 6 heteroatoms. The van der Waals surface area contributed by atoms with Gasteiger partial charge in [0.15, 0.2) is 6.39 Å². The minimum atomic E-state index is -0.453. The van der Waals surface area contributed by atoms with E-state index in [1.165, 1.54) is 6.39 Å². The predicted octanol–water partition coefficient (Wildman–Crippen LogP) is 3.80. The maximum Gasteiger partial charge on any atom is 0.293 e. The van der Waals surface area contributed by atoms with Crippen LogP contribution in [0.3, 0.4) is 0 Å². The molecule has 2 aromatic carbocycles. The average molecular weight is 335 g/mol. The van der Waals surface area contributed by atoms with Crippen molar-refractivity contribution in [1.82, 2.24) is 4.98 Å². The number of nitrogens with zero attached hydrogens (tertiary/aromatic N) is 1. The largest absolute Gasteiger partial charge is 0.438 e.